The summed E-state index contributed by atoms with van der Waals surface area (Å²) < 4.78 is 16.4. The summed E-state index contributed by atoms with van der Waals surface area (Å²) >= 11 is 0. The Morgan fingerprint density at radius 2 is 2.15 bits per heavy atom. The Balaban J connectivity index is 1.61. The van der Waals surface area contributed by atoms with Gasteiger partial charge in [0.15, 0.2) is 0 Å². The van der Waals surface area contributed by atoms with Crippen molar-refractivity contribution in [3.63, 3.8) is 0 Å². The molecule has 0 aliphatic carbocycles. The first-order chi connectivity index (χ1) is 9.90. The zero-order valence-corrected chi connectivity index (χ0v) is 11.0. The van der Waals surface area contributed by atoms with Gasteiger partial charge in [-0.3, -0.25) is 0 Å². The molecule has 2 aliphatic rings. The van der Waals surface area contributed by atoms with E-state index in [-0.39, 0.29) is 6.10 Å². The summed E-state index contributed by atoms with van der Waals surface area (Å²) in [5.74, 6) is 1.13. The SMILES string of the molecule is c1cc2c(cc1-c1nc(C3CNCCO3)no1)COC2. The zero-order chi connectivity index (χ0) is 13.4. The first kappa shape index (κ1) is 12.0. The summed E-state index contributed by atoms with van der Waals surface area (Å²) in [6, 6.07) is 6.10. The number of morpholine rings is 1. The highest BCUT2D eigenvalue weighted by Crippen LogP contribution is 2.27. The molecule has 0 spiro atoms. The molecule has 6 nitrogen and oxygen atoms in total. The van der Waals surface area contributed by atoms with Crippen LogP contribution in [0.5, 0.6) is 0 Å². The average Bonchev–Trinajstić information content (AvgIpc) is 3.16. The Labute approximate surface area is 116 Å². The molecule has 1 unspecified atom stereocenters. The molecule has 104 valence electrons. The summed E-state index contributed by atoms with van der Waals surface area (Å²) in [6.07, 6.45) is -0.126. The number of nitrogens with one attached hydrogen (secondary N) is 1. The zero-order valence-electron chi connectivity index (χ0n) is 11.0. The molecule has 1 N–H and O–H groups in total. The standard InChI is InChI=1S/C14H15N3O3/c1-2-10-7-18-8-11(10)5-9(1)14-16-13(17-20-14)12-6-15-3-4-19-12/h1-2,5,12,15H,3-4,6-8H2. The number of ether oxygens (including phenoxy) is 2. The maximum Gasteiger partial charge on any atom is 0.258 e. The highest BCUT2D eigenvalue weighted by molar-refractivity contribution is 5.56. The van der Waals surface area contributed by atoms with E-state index in [2.05, 4.69) is 27.6 Å². The maximum atomic E-state index is 5.62. The van der Waals surface area contributed by atoms with Crippen LogP contribution in [0.15, 0.2) is 22.7 Å². The van der Waals surface area contributed by atoms with Gasteiger partial charge in [-0.2, -0.15) is 4.98 Å². The number of benzene rings is 1. The van der Waals surface area contributed by atoms with Crippen molar-refractivity contribution in [3.05, 3.63) is 35.2 Å². The third-order valence-corrected chi connectivity index (χ3v) is 3.63. The minimum Gasteiger partial charge on any atom is -0.372 e. The predicted molar refractivity (Wildman–Crippen MR) is 69.8 cm³/mol. The first-order valence-corrected chi connectivity index (χ1v) is 6.76. The Kier molecular flexibility index (Phi) is 2.99. The quantitative estimate of drug-likeness (QED) is 0.892. The number of nitrogens with zero attached hydrogens (tertiary/aromatic N) is 2. The monoisotopic (exact) mass is 273 g/mol. The Morgan fingerprint density at radius 3 is 3.05 bits per heavy atom. The van der Waals surface area contributed by atoms with Crippen LogP contribution in [0.4, 0.5) is 0 Å². The number of hydrogen-bond donors (Lipinski definition) is 1. The van der Waals surface area contributed by atoms with Crippen molar-refractivity contribution < 1.29 is 14.0 Å². The fourth-order valence-corrected chi connectivity index (χ4v) is 2.52. The molecule has 1 aromatic carbocycles. The van der Waals surface area contributed by atoms with Gasteiger partial charge in [0.25, 0.3) is 5.89 Å². The molecule has 2 aromatic rings. The number of rotatable bonds is 2. The van der Waals surface area contributed by atoms with Crippen molar-refractivity contribution in [1.29, 1.82) is 0 Å². The van der Waals surface area contributed by atoms with Crippen molar-refractivity contribution in [3.8, 4) is 11.5 Å². The lowest BCUT2D eigenvalue weighted by Crippen LogP contribution is -2.33. The minimum atomic E-state index is -0.126. The van der Waals surface area contributed by atoms with Crippen molar-refractivity contribution in [2.75, 3.05) is 19.7 Å². The van der Waals surface area contributed by atoms with Crippen molar-refractivity contribution in [1.82, 2.24) is 15.5 Å². The third-order valence-electron chi connectivity index (χ3n) is 3.63. The molecule has 1 aromatic heterocycles. The lowest BCUT2D eigenvalue weighted by molar-refractivity contribution is 0.0208. The minimum absolute atomic E-state index is 0.126. The fraction of sp³-hybridized carbons (Fsp3) is 0.429. The first-order valence-electron chi connectivity index (χ1n) is 6.76. The largest absolute Gasteiger partial charge is 0.372 e. The Bertz CT molecular complexity index is 620. The van der Waals surface area contributed by atoms with E-state index in [1.54, 1.807) is 0 Å². The third kappa shape index (κ3) is 2.11. The van der Waals surface area contributed by atoms with Crippen molar-refractivity contribution in [2.24, 2.45) is 0 Å². The van der Waals surface area contributed by atoms with Crippen LogP contribution in [0.3, 0.4) is 0 Å². The van der Waals surface area contributed by atoms with Gasteiger partial charge in [-0.05, 0) is 23.3 Å². The Morgan fingerprint density at radius 1 is 1.20 bits per heavy atom. The van der Waals surface area contributed by atoms with Crippen LogP contribution in [0.2, 0.25) is 0 Å². The van der Waals surface area contributed by atoms with E-state index < -0.39 is 0 Å². The van der Waals surface area contributed by atoms with E-state index in [9.17, 15) is 0 Å². The molecule has 0 saturated carbocycles. The van der Waals surface area contributed by atoms with Gasteiger partial charge in [-0.25, -0.2) is 0 Å². The summed E-state index contributed by atoms with van der Waals surface area (Å²) in [6.45, 7) is 3.60. The summed E-state index contributed by atoms with van der Waals surface area (Å²) in [5, 5.41) is 7.28. The Hall–Kier alpha value is -1.76. The molecule has 0 bridgehead atoms. The van der Waals surface area contributed by atoms with Crippen molar-refractivity contribution in [2.45, 2.75) is 19.3 Å². The smallest absolute Gasteiger partial charge is 0.258 e. The molecule has 1 fully saturated rings. The molecule has 20 heavy (non-hydrogen) atoms. The van der Waals surface area contributed by atoms with Gasteiger partial charge < -0.3 is 19.3 Å². The summed E-state index contributed by atoms with van der Waals surface area (Å²) in [5.41, 5.74) is 3.35. The van der Waals surface area contributed by atoms with Gasteiger partial charge in [-0.15, -0.1) is 0 Å². The van der Waals surface area contributed by atoms with Gasteiger partial charge in [0.2, 0.25) is 5.82 Å². The van der Waals surface area contributed by atoms with Crippen LogP contribution < -0.4 is 5.32 Å². The van der Waals surface area contributed by atoms with Crippen LogP contribution in [-0.2, 0) is 22.7 Å². The van der Waals surface area contributed by atoms with E-state index in [0.717, 1.165) is 18.7 Å². The molecule has 6 heteroatoms. The lowest BCUT2D eigenvalue weighted by Gasteiger charge is -2.20. The van der Waals surface area contributed by atoms with Gasteiger partial charge >= 0.3 is 0 Å². The van der Waals surface area contributed by atoms with E-state index in [0.29, 0.717) is 31.5 Å². The molecule has 1 saturated heterocycles. The molecule has 3 heterocycles. The molecule has 4 rings (SSSR count). The van der Waals surface area contributed by atoms with Gasteiger partial charge in [-0.1, -0.05) is 11.2 Å². The number of hydrogen-bond acceptors (Lipinski definition) is 6. The second kappa shape index (κ2) is 4.97. The van der Waals surface area contributed by atoms with Gasteiger partial charge in [0, 0.05) is 18.7 Å². The van der Waals surface area contributed by atoms with Crippen LogP contribution >= 0.6 is 0 Å². The van der Waals surface area contributed by atoms with Gasteiger partial charge in [0.05, 0.1) is 19.8 Å². The van der Waals surface area contributed by atoms with E-state index in [1.165, 1.54) is 11.1 Å². The van der Waals surface area contributed by atoms with Crippen LogP contribution in [0.1, 0.15) is 23.1 Å². The lowest BCUT2D eigenvalue weighted by atomic mass is 10.1. The second-order valence-electron chi connectivity index (χ2n) is 5.00. The molecule has 2 aliphatic heterocycles. The summed E-state index contributed by atoms with van der Waals surface area (Å²) in [4.78, 5) is 4.45. The molecule has 0 amide bonds. The van der Waals surface area contributed by atoms with Crippen LogP contribution in [0, 0.1) is 0 Å². The molecular formula is C14H15N3O3. The predicted octanol–water partition coefficient (Wildman–Crippen LogP) is 1.43. The van der Waals surface area contributed by atoms with Crippen LogP contribution in [-0.4, -0.2) is 29.8 Å². The fourth-order valence-electron chi connectivity index (χ4n) is 2.52. The van der Waals surface area contributed by atoms with E-state index in [1.807, 2.05) is 6.07 Å². The van der Waals surface area contributed by atoms with Gasteiger partial charge in [0.1, 0.15) is 6.10 Å². The number of fused-ring (bicyclic) bond motifs is 1. The summed E-state index contributed by atoms with van der Waals surface area (Å²) in [7, 11) is 0. The van der Waals surface area contributed by atoms with Crippen molar-refractivity contribution >= 4 is 0 Å². The second-order valence-corrected chi connectivity index (χ2v) is 5.00. The molecule has 1 atom stereocenters. The number of aromatic nitrogens is 2. The normalized spacial score (nSPS) is 21.9. The average molecular weight is 273 g/mol. The van der Waals surface area contributed by atoms with E-state index in [4.69, 9.17) is 14.0 Å². The van der Waals surface area contributed by atoms with Crippen LogP contribution in [0.25, 0.3) is 11.5 Å². The highest BCUT2D eigenvalue weighted by atomic mass is 16.5. The molecule has 0 radical (unpaired) electrons. The molecular weight excluding hydrogens is 258 g/mol. The topological polar surface area (TPSA) is 69.4 Å². The maximum absolute atomic E-state index is 5.62. The highest BCUT2D eigenvalue weighted by Gasteiger charge is 2.22. The van der Waals surface area contributed by atoms with E-state index >= 15 is 0 Å².